The number of hydrogen-bond donors (Lipinski definition) is 0. The number of esters is 1. The zero-order valence-electron chi connectivity index (χ0n) is 17.0. The fourth-order valence-electron chi connectivity index (χ4n) is 3.05. The summed E-state index contributed by atoms with van der Waals surface area (Å²) >= 11 is 1.54. The number of carbonyl (C=O) groups excluding carboxylic acids is 1. The number of benzene rings is 3. The molecular weight excluding hydrogens is 378 g/mol. The Morgan fingerprint density at radius 1 is 1.03 bits per heavy atom. The average Bonchev–Trinajstić information content (AvgIpc) is 2.66. The van der Waals surface area contributed by atoms with Crippen molar-refractivity contribution < 1.29 is 9.53 Å². The molecule has 3 rings (SSSR count). The van der Waals surface area contributed by atoms with Gasteiger partial charge in [0.05, 0.1) is 11.6 Å². The van der Waals surface area contributed by atoms with Crippen molar-refractivity contribution in [2.45, 2.75) is 38.2 Å². The molecule has 3 nitrogen and oxygen atoms in total. The molecule has 3 aromatic rings. The lowest BCUT2D eigenvalue weighted by Crippen LogP contribution is -2.22. The number of nitrogens with zero attached hydrogens (tertiary/aromatic N) is 1. The molecule has 0 heterocycles. The van der Waals surface area contributed by atoms with E-state index in [1.54, 1.807) is 0 Å². The SMILES string of the molecule is C/C(=C\C(=O)OC(C)(C)C)Sc1ccc2ccccc2c1-c1ccc(C#N)cc1. The molecule has 0 radical (unpaired) electrons. The van der Waals surface area contributed by atoms with Gasteiger partial charge in [0.2, 0.25) is 0 Å². The number of carbonyl (C=O) groups is 1. The first-order valence-corrected chi connectivity index (χ1v) is 10.2. The highest BCUT2D eigenvalue weighted by molar-refractivity contribution is 8.03. The Morgan fingerprint density at radius 2 is 1.72 bits per heavy atom. The molecule has 0 amide bonds. The summed E-state index contributed by atoms with van der Waals surface area (Å²) in [6, 6.07) is 22.1. The summed E-state index contributed by atoms with van der Waals surface area (Å²) in [5.74, 6) is -0.344. The van der Waals surface area contributed by atoms with Crippen molar-refractivity contribution in [1.29, 1.82) is 5.26 Å². The Bertz CT molecular complexity index is 1120. The van der Waals surface area contributed by atoms with Crippen LogP contribution in [0.2, 0.25) is 0 Å². The van der Waals surface area contributed by atoms with Gasteiger partial charge in [-0.1, -0.05) is 54.2 Å². The number of ether oxygens (including phenoxy) is 1. The highest BCUT2D eigenvalue weighted by Gasteiger charge is 2.16. The minimum Gasteiger partial charge on any atom is -0.457 e. The minimum atomic E-state index is -0.519. The molecular formula is C25H23NO2S. The predicted octanol–water partition coefficient (Wildman–Crippen LogP) is 6.72. The standard InChI is InChI=1S/C25H23NO2S/c1-17(15-23(27)28-25(2,3)4)29-22-14-13-19-7-5-6-8-21(19)24(22)20-11-9-18(16-26)10-12-20/h5-15H,1-4H3/b17-15+. The van der Waals surface area contributed by atoms with Crippen molar-refractivity contribution in [3.05, 3.63) is 77.2 Å². The predicted molar refractivity (Wildman–Crippen MR) is 120 cm³/mol. The summed E-state index contributed by atoms with van der Waals surface area (Å²) in [6.45, 7) is 7.47. The molecule has 0 N–H and O–H groups in total. The smallest absolute Gasteiger partial charge is 0.332 e. The van der Waals surface area contributed by atoms with E-state index in [1.165, 1.54) is 17.8 Å². The van der Waals surface area contributed by atoms with Gasteiger partial charge in [0.15, 0.2) is 0 Å². The van der Waals surface area contributed by atoms with E-state index >= 15 is 0 Å². The van der Waals surface area contributed by atoms with Gasteiger partial charge in [0.25, 0.3) is 0 Å². The highest BCUT2D eigenvalue weighted by atomic mass is 32.2. The largest absolute Gasteiger partial charge is 0.457 e. The second-order valence-corrected chi connectivity index (χ2v) is 9.03. The molecule has 0 bridgehead atoms. The van der Waals surface area contributed by atoms with Crippen LogP contribution < -0.4 is 0 Å². The van der Waals surface area contributed by atoms with Gasteiger partial charge in [-0.3, -0.25) is 0 Å². The van der Waals surface area contributed by atoms with Gasteiger partial charge >= 0.3 is 5.97 Å². The summed E-state index contributed by atoms with van der Waals surface area (Å²) in [5, 5.41) is 11.4. The number of rotatable bonds is 4. The number of fused-ring (bicyclic) bond motifs is 1. The fourth-order valence-corrected chi connectivity index (χ4v) is 4.01. The van der Waals surface area contributed by atoms with E-state index in [2.05, 4.69) is 30.3 Å². The van der Waals surface area contributed by atoms with Gasteiger partial charge in [-0.25, -0.2) is 4.79 Å². The van der Waals surface area contributed by atoms with E-state index in [1.807, 2.05) is 64.1 Å². The van der Waals surface area contributed by atoms with E-state index in [9.17, 15) is 4.79 Å². The van der Waals surface area contributed by atoms with Crippen molar-refractivity contribution in [2.24, 2.45) is 0 Å². The van der Waals surface area contributed by atoms with Crippen LogP contribution >= 0.6 is 11.8 Å². The van der Waals surface area contributed by atoms with Gasteiger partial charge in [-0.15, -0.1) is 0 Å². The zero-order chi connectivity index (χ0) is 21.0. The summed E-state index contributed by atoms with van der Waals surface area (Å²) in [5.41, 5.74) is 2.24. The lowest BCUT2D eigenvalue weighted by molar-refractivity contribution is -0.148. The van der Waals surface area contributed by atoms with Crippen LogP contribution in [0.5, 0.6) is 0 Å². The van der Waals surface area contributed by atoms with Crippen LogP contribution in [0.25, 0.3) is 21.9 Å². The summed E-state index contributed by atoms with van der Waals surface area (Å²) < 4.78 is 5.40. The lowest BCUT2D eigenvalue weighted by atomic mass is 9.97. The molecule has 4 heteroatoms. The van der Waals surface area contributed by atoms with Crippen LogP contribution in [0.1, 0.15) is 33.3 Å². The van der Waals surface area contributed by atoms with Gasteiger partial charge in [-0.05, 0) is 67.1 Å². The van der Waals surface area contributed by atoms with Crippen LogP contribution in [0.3, 0.4) is 0 Å². The molecule has 0 fully saturated rings. The maximum Gasteiger partial charge on any atom is 0.332 e. The van der Waals surface area contributed by atoms with Crippen molar-refractivity contribution in [3.8, 4) is 17.2 Å². The molecule has 0 saturated heterocycles. The topological polar surface area (TPSA) is 50.1 Å². The second-order valence-electron chi connectivity index (χ2n) is 7.74. The molecule has 0 aliphatic heterocycles. The maximum absolute atomic E-state index is 12.2. The number of allylic oxidation sites excluding steroid dienone is 1. The van der Waals surface area contributed by atoms with Crippen molar-refractivity contribution in [2.75, 3.05) is 0 Å². The van der Waals surface area contributed by atoms with E-state index < -0.39 is 5.60 Å². The molecule has 3 aromatic carbocycles. The third-order valence-electron chi connectivity index (χ3n) is 4.19. The van der Waals surface area contributed by atoms with Crippen LogP contribution in [0.4, 0.5) is 0 Å². The van der Waals surface area contributed by atoms with Crippen LogP contribution in [-0.2, 0) is 9.53 Å². The molecule has 0 aliphatic rings. The molecule has 0 aromatic heterocycles. The summed E-state index contributed by atoms with van der Waals surface area (Å²) in [4.78, 5) is 14.1. The highest BCUT2D eigenvalue weighted by Crippen LogP contribution is 2.40. The van der Waals surface area contributed by atoms with Gasteiger partial charge in [-0.2, -0.15) is 5.26 Å². The van der Waals surface area contributed by atoms with Crippen molar-refractivity contribution in [3.63, 3.8) is 0 Å². The van der Waals surface area contributed by atoms with Crippen LogP contribution in [0, 0.1) is 11.3 Å². The Balaban J connectivity index is 2.03. The zero-order valence-corrected chi connectivity index (χ0v) is 17.8. The molecule has 0 unspecified atom stereocenters. The molecule has 0 aliphatic carbocycles. The monoisotopic (exact) mass is 401 g/mol. The first kappa shape index (κ1) is 20.7. The normalized spacial score (nSPS) is 11.9. The summed E-state index contributed by atoms with van der Waals surface area (Å²) in [6.07, 6.45) is 1.54. The van der Waals surface area contributed by atoms with E-state index in [0.29, 0.717) is 5.56 Å². The van der Waals surface area contributed by atoms with E-state index in [4.69, 9.17) is 10.00 Å². The van der Waals surface area contributed by atoms with Gasteiger partial charge in [0, 0.05) is 16.5 Å². The first-order chi connectivity index (χ1) is 13.8. The average molecular weight is 402 g/mol. The quantitative estimate of drug-likeness (QED) is 0.277. The molecule has 0 saturated carbocycles. The van der Waals surface area contributed by atoms with Crippen molar-refractivity contribution >= 4 is 28.5 Å². The maximum atomic E-state index is 12.2. The number of nitriles is 1. The summed E-state index contributed by atoms with van der Waals surface area (Å²) in [7, 11) is 0. The van der Waals surface area contributed by atoms with E-state index in [0.717, 1.165) is 31.7 Å². The second kappa shape index (κ2) is 8.55. The molecule has 29 heavy (non-hydrogen) atoms. The third kappa shape index (κ3) is 5.28. The molecule has 0 atom stereocenters. The molecule has 146 valence electrons. The van der Waals surface area contributed by atoms with Crippen LogP contribution in [-0.4, -0.2) is 11.6 Å². The Kier molecular flexibility index (Phi) is 6.10. The number of thioether (sulfide) groups is 1. The lowest BCUT2D eigenvalue weighted by Gasteiger charge is -2.18. The Labute approximate surface area is 176 Å². The first-order valence-electron chi connectivity index (χ1n) is 9.38. The Morgan fingerprint density at radius 3 is 2.38 bits per heavy atom. The fraction of sp³-hybridized carbons (Fsp3) is 0.200. The van der Waals surface area contributed by atoms with E-state index in [-0.39, 0.29) is 5.97 Å². The number of hydrogen-bond acceptors (Lipinski definition) is 4. The van der Waals surface area contributed by atoms with Gasteiger partial charge < -0.3 is 4.74 Å². The Hall–Kier alpha value is -3.03. The van der Waals surface area contributed by atoms with Gasteiger partial charge in [0.1, 0.15) is 5.60 Å². The van der Waals surface area contributed by atoms with Crippen LogP contribution in [0.15, 0.2) is 76.5 Å². The minimum absolute atomic E-state index is 0.344. The van der Waals surface area contributed by atoms with Crippen molar-refractivity contribution in [1.82, 2.24) is 0 Å². The molecule has 0 spiro atoms. The third-order valence-corrected chi connectivity index (χ3v) is 5.19.